The standard InChI is InChI=1S/C20H31NO/c1-12(18-8-13-2-3-17(18)7-13)21-19(22)20-9-14-4-15(10-20)6-16(5-14)11-20/h12-18H,2-11H2,1H3,(H,21,22)/t12-,13-,14?,15?,16?,17-,18+,20?/m1/s1. The maximum atomic E-state index is 13.2. The first-order valence-electron chi connectivity index (χ1n) is 9.92. The molecule has 0 aromatic heterocycles. The van der Waals surface area contributed by atoms with Crippen LogP contribution in [0, 0.1) is 40.9 Å². The predicted molar refractivity (Wildman–Crippen MR) is 87.1 cm³/mol. The average Bonchev–Trinajstić information content (AvgIpc) is 3.08. The summed E-state index contributed by atoms with van der Waals surface area (Å²) < 4.78 is 0. The maximum Gasteiger partial charge on any atom is 0.226 e. The molecule has 0 saturated heterocycles. The van der Waals surface area contributed by atoms with Crippen molar-refractivity contribution in [3.63, 3.8) is 0 Å². The largest absolute Gasteiger partial charge is 0.353 e. The summed E-state index contributed by atoms with van der Waals surface area (Å²) in [4.78, 5) is 13.2. The van der Waals surface area contributed by atoms with Gasteiger partial charge >= 0.3 is 0 Å². The van der Waals surface area contributed by atoms with Gasteiger partial charge in [0.2, 0.25) is 5.91 Å². The molecule has 6 saturated carbocycles. The van der Waals surface area contributed by atoms with E-state index in [0.29, 0.717) is 11.9 Å². The molecule has 6 bridgehead atoms. The summed E-state index contributed by atoms with van der Waals surface area (Å²) in [6.45, 7) is 2.30. The molecular weight excluding hydrogens is 270 g/mol. The summed E-state index contributed by atoms with van der Waals surface area (Å²) >= 11 is 0. The molecule has 6 aliphatic carbocycles. The number of carbonyl (C=O) groups excluding carboxylic acids is 1. The molecule has 2 nitrogen and oxygen atoms in total. The predicted octanol–water partition coefficient (Wildman–Crippen LogP) is 4.14. The van der Waals surface area contributed by atoms with Gasteiger partial charge < -0.3 is 5.32 Å². The quantitative estimate of drug-likeness (QED) is 0.834. The summed E-state index contributed by atoms with van der Waals surface area (Å²) in [5.41, 5.74) is 0.0423. The van der Waals surface area contributed by atoms with Gasteiger partial charge in [-0.1, -0.05) is 6.42 Å². The highest BCUT2D eigenvalue weighted by Gasteiger charge is 2.55. The Labute approximate surface area is 134 Å². The Hall–Kier alpha value is -0.530. The lowest BCUT2D eigenvalue weighted by Gasteiger charge is -2.56. The molecule has 0 heterocycles. The Morgan fingerprint density at radius 3 is 2.05 bits per heavy atom. The van der Waals surface area contributed by atoms with Crippen molar-refractivity contribution in [3.8, 4) is 0 Å². The van der Waals surface area contributed by atoms with E-state index in [4.69, 9.17) is 0 Å². The van der Waals surface area contributed by atoms with E-state index in [1.165, 1.54) is 64.2 Å². The van der Waals surface area contributed by atoms with E-state index in [-0.39, 0.29) is 5.41 Å². The third-order valence-corrected chi connectivity index (χ3v) is 8.31. The SMILES string of the molecule is C[C@@H](NC(=O)C12CC3CC(CC(C3)C1)C2)[C@@H]1C[C@@H]2CC[C@@H]1C2. The van der Waals surface area contributed by atoms with Crippen LogP contribution in [-0.4, -0.2) is 11.9 Å². The minimum absolute atomic E-state index is 0.0423. The molecule has 122 valence electrons. The monoisotopic (exact) mass is 301 g/mol. The summed E-state index contributed by atoms with van der Waals surface area (Å²) in [6.07, 6.45) is 13.6. The van der Waals surface area contributed by atoms with Gasteiger partial charge in [-0.2, -0.15) is 0 Å². The van der Waals surface area contributed by atoms with Crippen LogP contribution in [0.2, 0.25) is 0 Å². The summed E-state index contributed by atoms with van der Waals surface area (Å²) in [5, 5.41) is 3.52. The zero-order valence-corrected chi connectivity index (χ0v) is 14.0. The molecule has 0 aromatic carbocycles. The molecule has 6 aliphatic rings. The van der Waals surface area contributed by atoms with Gasteiger partial charge in [-0.3, -0.25) is 4.79 Å². The van der Waals surface area contributed by atoms with Gasteiger partial charge in [0.15, 0.2) is 0 Å². The van der Waals surface area contributed by atoms with E-state index in [0.717, 1.165) is 35.5 Å². The molecule has 0 aliphatic heterocycles. The highest BCUT2D eigenvalue weighted by atomic mass is 16.2. The van der Waals surface area contributed by atoms with E-state index in [9.17, 15) is 4.79 Å². The highest BCUT2D eigenvalue weighted by Crippen LogP contribution is 2.60. The third-order valence-electron chi connectivity index (χ3n) is 8.31. The zero-order valence-electron chi connectivity index (χ0n) is 14.0. The first-order chi connectivity index (χ1) is 10.6. The van der Waals surface area contributed by atoms with Gasteiger partial charge in [0, 0.05) is 11.5 Å². The molecule has 6 fully saturated rings. The molecule has 0 spiro atoms. The van der Waals surface area contributed by atoms with E-state index in [2.05, 4.69) is 12.2 Å². The van der Waals surface area contributed by atoms with Crippen LogP contribution in [0.15, 0.2) is 0 Å². The van der Waals surface area contributed by atoms with E-state index < -0.39 is 0 Å². The fourth-order valence-electron chi connectivity index (χ4n) is 7.76. The summed E-state index contributed by atoms with van der Waals surface area (Å²) in [7, 11) is 0. The molecule has 22 heavy (non-hydrogen) atoms. The second kappa shape index (κ2) is 4.74. The van der Waals surface area contributed by atoms with Gasteiger partial charge in [-0.15, -0.1) is 0 Å². The average molecular weight is 301 g/mol. The van der Waals surface area contributed by atoms with Gasteiger partial charge in [0.05, 0.1) is 0 Å². The Bertz CT molecular complexity index is 449. The maximum absolute atomic E-state index is 13.2. The molecule has 4 atom stereocenters. The van der Waals surface area contributed by atoms with Crippen molar-refractivity contribution in [2.75, 3.05) is 0 Å². The van der Waals surface area contributed by atoms with E-state index >= 15 is 0 Å². The van der Waals surface area contributed by atoms with Gasteiger partial charge in [0.25, 0.3) is 0 Å². The van der Waals surface area contributed by atoms with Crippen LogP contribution in [0.25, 0.3) is 0 Å². The van der Waals surface area contributed by atoms with Crippen molar-refractivity contribution < 1.29 is 4.79 Å². The lowest BCUT2D eigenvalue weighted by Crippen LogP contribution is -2.55. The number of carbonyl (C=O) groups is 1. The van der Waals surface area contributed by atoms with E-state index in [1.807, 2.05) is 0 Å². The van der Waals surface area contributed by atoms with Crippen molar-refractivity contribution in [1.82, 2.24) is 5.32 Å². The van der Waals surface area contributed by atoms with Crippen molar-refractivity contribution in [3.05, 3.63) is 0 Å². The van der Waals surface area contributed by atoms with Crippen LogP contribution in [-0.2, 0) is 4.79 Å². The number of amides is 1. The number of hydrogen-bond acceptors (Lipinski definition) is 1. The molecule has 6 rings (SSSR count). The van der Waals surface area contributed by atoms with Crippen molar-refractivity contribution >= 4 is 5.91 Å². The van der Waals surface area contributed by atoms with Crippen LogP contribution in [0.1, 0.15) is 71.1 Å². The van der Waals surface area contributed by atoms with Crippen LogP contribution < -0.4 is 5.32 Å². The second-order valence-corrected chi connectivity index (χ2v) is 9.80. The normalized spacial score (nSPS) is 53.0. The molecule has 0 unspecified atom stereocenters. The first kappa shape index (κ1) is 13.9. The van der Waals surface area contributed by atoms with Crippen LogP contribution in [0.3, 0.4) is 0 Å². The minimum Gasteiger partial charge on any atom is -0.353 e. The lowest BCUT2D eigenvalue weighted by molar-refractivity contribution is -0.147. The summed E-state index contributed by atoms with van der Waals surface area (Å²) in [5.74, 6) is 5.73. The third kappa shape index (κ3) is 2.01. The second-order valence-electron chi connectivity index (χ2n) is 9.80. The number of hydrogen-bond donors (Lipinski definition) is 1. The molecule has 1 amide bonds. The van der Waals surface area contributed by atoms with Crippen LogP contribution >= 0.6 is 0 Å². The Morgan fingerprint density at radius 2 is 1.55 bits per heavy atom. The smallest absolute Gasteiger partial charge is 0.226 e. The molecule has 0 radical (unpaired) electrons. The first-order valence-corrected chi connectivity index (χ1v) is 9.92. The van der Waals surface area contributed by atoms with E-state index in [1.54, 1.807) is 0 Å². The molecule has 0 aromatic rings. The van der Waals surface area contributed by atoms with Crippen molar-refractivity contribution in [1.29, 1.82) is 0 Å². The van der Waals surface area contributed by atoms with Crippen molar-refractivity contribution in [2.45, 2.75) is 77.2 Å². The van der Waals surface area contributed by atoms with Crippen LogP contribution in [0.5, 0.6) is 0 Å². The topological polar surface area (TPSA) is 29.1 Å². The summed E-state index contributed by atoms with van der Waals surface area (Å²) in [6, 6.07) is 0.413. The van der Waals surface area contributed by atoms with Crippen LogP contribution in [0.4, 0.5) is 0 Å². The number of fused-ring (bicyclic) bond motifs is 2. The number of rotatable bonds is 3. The fourth-order valence-corrected chi connectivity index (χ4v) is 7.76. The Balaban J connectivity index is 1.29. The van der Waals surface area contributed by atoms with Crippen molar-refractivity contribution in [2.24, 2.45) is 40.9 Å². The highest BCUT2D eigenvalue weighted by molar-refractivity contribution is 5.83. The Morgan fingerprint density at radius 1 is 0.909 bits per heavy atom. The number of nitrogens with one attached hydrogen (secondary N) is 1. The lowest BCUT2D eigenvalue weighted by atomic mass is 9.49. The minimum atomic E-state index is 0.0423. The zero-order chi connectivity index (χ0) is 14.9. The molecule has 1 N–H and O–H groups in total. The Kier molecular flexibility index (Phi) is 2.99. The van der Waals surface area contributed by atoms with Gasteiger partial charge in [0.1, 0.15) is 0 Å². The van der Waals surface area contributed by atoms with Gasteiger partial charge in [-0.05, 0) is 100 Å². The fraction of sp³-hybridized carbons (Fsp3) is 0.950. The molecule has 2 heteroatoms. The van der Waals surface area contributed by atoms with Gasteiger partial charge in [-0.25, -0.2) is 0 Å². The molecular formula is C20H31NO.